The van der Waals surface area contributed by atoms with Crippen LogP contribution in [0.3, 0.4) is 0 Å². The van der Waals surface area contributed by atoms with E-state index in [0.29, 0.717) is 11.6 Å². The third-order valence-corrected chi connectivity index (χ3v) is 4.61. The summed E-state index contributed by atoms with van der Waals surface area (Å²) in [5, 5.41) is 3.75. The van der Waals surface area contributed by atoms with Gasteiger partial charge < -0.3 is 10.1 Å². The third-order valence-electron chi connectivity index (χ3n) is 3.96. The molecule has 1 atom stereocenters. The van der Waals surface area contributed by atoms with Gasteiger partial charge >= 0.3 is 0 Å². The third kappa shape index (κ3) is 5.99. The number of amides is 1. The molecule has 0 fully saturated rings. The minimum atomic E-state index is -3.29. The second-order valence-corrected chi connectivity index (χ2v) is 8.54. The van der Waals surface area contributed by atoms with E-state index < -0.39 is 21.8 Å². The molecule has 3 aromatic rings. The lowest BCUT2D eigenvalue weighted by Gasteiger charge is -2.13. The summed E-state index contributed by atoms with van der Waals surface area (Å²) in [4.78, 5) is 21.5. The average molecular weight is 423 g/mol. The van der Waals surface area contributed by atoms with E-state index in [-0.39, 0.29) is 11.4 Å². The van der Waals surface area contributed by atoms with E-state index in [1.165, 1.54) is 12.3 Å². The smallest absolute Gasteiger partial charge is 0.258 e. The number of sulfone groups is 1. The largest absolute Gasteiger partial charge is 0.438 e. The Hall–Kier alpha value is -3.52. The minimum Gasteiger partial charge on any atom is -0.438 e. The highest BCUT2D eigenvalue weighted by Crippen LogP contribution is 2.26. The first-order chi connectivity index (χ1) is 14.3. The normalized spacial score (nSPS) is 12.5. The molecule has 1 aromatic heterocycles. The van der Waals surface area contributed by atoms with Gasteiger partial charge in [0.15, 0.2) is 15.7 Å². The molecule has 8 heteroatoms. The molecule has 0 bridgehead atoms. The molecular weight excluding hydrogens is 402 g/mol. The van der Waals surface area contributed by atoms with Gasteiger partial charge in [-0.25, -0.2) is 13.4 Å². The number of hydrogen-bond acceptors (Lipinski definition) is 6. The number of hydrogen-bond donors (Lipinski definition) is 1. The van der Waals surface area contributed by atoms with Crippen LogP contribution in [0.25, 0.3) is 11.4 Å². The van der Waals surface area contributed by atoms with E-state index in [9.17, 15) is 13.2 Å². The van der Waals surface area contributed by atoms with Crippen molar-refractivity contribution in [2.75, 3.05) is 6.26 Å². The van der Waals surface area contributed by atoms with Gasteiger partial charge in [-0.1, -0.05) is 54.6 Å². The fourth-order valence-electron chi connectivity index (χ4n) is 2.52. The predicted octanol–water partition coefficient (Wildman–Crippen LogP) is 3.61. The number of carbonyl (C=O) groups is 1. The standard InChI is InChI=1S/C22H21N3O4S/c1-16(13-14-30(2,27)28)24-21(26)19-15-23-20(17-9-5-3-6-10-17)25-22(19)29-18-11-7-4-8-12-18/h3-16H,1-2H3,(H,24,26)/b14-13+/t16-/m0/s1. The van der Waals surface area contributed by atoms with Crippen molar-refractivity contribution >= 4 is 15.7 Å². The van der Waals surface area contributed by atoms with Crippen molar-refractivity contribution in [3.8, 4) is 23.0 Å². The van der Waals surface area contributed by atoms with E-state index >= 15 is 0 Å². The van der Waals surface area contributed by atoms with E-state index in [4.69, 9.17) is 4.74 Å². The first kappa shape index (κ1) is 21.2. The molecule has 0 saturated carbocycles. The van der Waals surface area contributed by atoms with Crippen molar-refractivity contribution in [2.45, 2.75) is 13.0 Å². The Balaban J connectivity index is 1.92. The van der Waals surface area contributed by atoms with Crippen LogP contribution >= 0.6 is 0 Å². The predicted molar refractivity (Wildman–Crippen MR) is 115 cm³/mol. The maximum atomic E-state index is 12.8. The molecule has 0 aliphatic heterocycles. The van der Waals surface area contributed by atoms with Crippen molar-refractivity contribution in [3.05, 3.63) is 83.9 Å². The molecule has 7 nitrogen and oxygen atoms in total. The molecule has 0 unspecified atom stereocenters. The Morgan fingerprint density at radius 2 is 1.70 bits per heavy atom. The van der Waals surface area contributed by atoms with Crippen LogP contribution < -0.4 is 10.1 Å². The molecule has 1 N–H and O–H groups in total. The number of aromatic nitrogens is 2. The van der Waals surface area contributed by atoms with Crippen LogP contribution in [0, 0.1) is 0 Å². The van der Waals surface area contributed by atoms with Gasteiger partial charge in [0.1, 0.15) is 11.3 Å². The Labute approximate surface area is 175 Å². The lowest BCUT2D eigenvalue weighted by molar-refractivity contribution is 0.0943. The summed E-state index contributed by atoms with van der Waals surface area (Å²) >= 11 is 0. The van der Waals surface area contributed by atoms with Gasteiger partial charge in [0.25, 0.3) is 5.91 Å². The van der Waals surface area contributed by atoms with Crippen molar-refractivity contribution < 1.29 is 17.9 Å². The summed E-state index contributed by atoms with van der Waals surface area (Å²) in [7, 11) is -3.29. The van der Waals surface area contributed by atoms with Crippen LogP contribution in [-0.4, -0.2) is 36.6 Å². The average Bonchev–Trinajstić information content (AvgIpc) is 2.73. The van der Waals surface area contributed by atoms with Crippen LogP contribution in [0.1, 0.15) is 17.3 Å². The van der Waals surface area contributed by atoms with Crippen molar-refractivity contribution in [1.82, 2.24) is 15.3 Å². The number of ether oxygens (including phenoxy) is 1. The molecule has 30 heavy (non-hydrogen) atoms. The number of nitrogens with zero attached hydrogens (tertiary/aromatic N) is 2. The molecule has 0 spiro atoms. The van der Waals surface area contributed by atoms with Crippen LogP contribution in [0.15, 0.2) is 78.3 Å². The van der Waals surface area contributed by atoms with Gasteiger partial charge in [0.05, 0.1) is 0 Å². The second kappa shape index (κ2) is 9.32. The number of carbonyl (C=O) groups excluding carboxylic acids is 1. The SMILES string of the molecule is C[C@@H](/C=C/S(C)(=O)=O)NC(=O)c1cnc(-c2ccccc2)nc1Oc1ccccc1. The molecule has 1 heterocycles. The zero-order chi connectivity index (χ0) is 21.6. The van der Waals surface area contributed by atoms with Crippen molar-refractivity contribution in [2.24, 2.45) is 0 Å². The van der Waals surface area contributed by atoms with Gasteiger partial charge in [-0.05, 0) is 19.1 Å². The van der Waals surface area contributed by atoms with Gasteiger partial charge in [-0.15, -0.1) is 0 Å². The molecule has 1 amide bonds. The molecular formula is C22H21N3O4S. The van der Waals surface area contributed by atoms with Crippen molar-refractivity contribution in [1.29, 1.82) is 0 Å². The Bertz CT molecular complexity index is 1150. The lowest BCUT2D eigenvalue weighted by Crippen LogP contribution is -2.31. The Kier molecular flexibility index (Phi) is 6.58. The topological polar surface area (TPSA) is 98.2 Å². The van der Waals surface area contributed by atoms with E-state index in [1.54, 1.807) is 19.1 Å². The van der Waals surface area contributed by atoms with E-state index in [0.717, 1.165) is 17.2 Å². The molecule has 154 valence electrons. The lowest BCUT2D eigenvalue weighted by atomic mass is 10.2. The minimum absolute atomic E-state index is 0.104. The summed E-state index contributed by atoms with van der Waals surface area (Å²) < 4.78 is 28.4. The number of benzene rings is 2. The highest BCUT2D eigenvalue weighted by Gasteiger charge is 2.19. The number of rotatable bonds is 7. The van der Waals surface area contributed by atoms with Gasteiger partial charge in [0, 0.05) is 29.5 Å². The molecule has 0 aliphatic carbocycles. The summed E-state index contributed by atoms with van der Waals surface area (Å²) in [5.41, 5.74) is 0.921. The van der Waals surface area contributed by atoms with Gasteiger partial charge in [-0.2, -0.15) is 4.98 Å². The van der Waals surface area contributed by atoms with Crippen LogP contribution in [0.5, 0.6) is 11.6 Å². The summed E-state index contributed by atoms with van der Waals surface area (Å²) in [5.74, 6) is 0.565. The van der Waals surface area contributed by atoms with Crippen LogP contribution in [0.4, 0.5) is 0 Å². The number of para-hydroxylation sites is 1. The van der Waals surface area contributed by atoms with Crippen molar-refractivity contribution in [3.63, 3.8) is 0 Å². The monoisotopic (exact) mass is 423 g/mol. The molecule has 0 saturated heterocycles. The quantitative estimate of drug-likeness (QED) is 0.623. The highest BCUT2D eigenvalue weighted by molar-refractivity contribution is 7.93. The Morgan fingerprint density at radius 3 is 2.33 bits per heavy atom. The van der Waals surface area contributed by atoms with Gasteiger partial charge in [-0.3, -0.25) is 4.79 Å². The fourth-order valence-corrected chi connectivity index (χ4v) is 3.04. The molecule has 3 rings (SSSR count). The van der Waals surface area contributed by atoms with Crippen LogP contribution in [0.2, 0.25) is 0 Å². The number of nitrogens with one attached hydrogen (secondary N) is 1. The summed E-state index contributed by atoms with van der Waals surface area (Å²) in [6, 6.07) is 17.8. The molecule has 0 radical (unpaired) electrons. The van der Waals surface area contributed by atoms with Gasteiger partial charge in [0.2, 0.25) is 5.88 Å². The fraction of sp³-hybridized carbons (Fsp3) is 0.136. The first-order valence-electron chi connectivity index (χ1n) is 9.16. The summed E-state index contributed by atoms with van der Waals surface area (Å²) in [6.07, 6.45) is 3.88. The second-order valence-electron chi connectivity index (χ2n) is 6.61. The first-order valence-corrected chi connectivity index (χ1v) is 11.1. The van der Waals surface area contributed by atoms with E-state index in [1.807, 2.05) is 48.5 Å². The Morgan fingerprint density at radius 1 is 1.07 bits per heavy atom. The zero-order valence-corrected chi connectivity index (χ0v) is 17.3. The van der Waals surface area contributed by atoms with E-state index in [2.05, 4.69) is 15.3 Å². The zero-order valence-electron chi connectivity index (χ0n) is 16.5. The summed E-state index contributed by atoms with van der Waals surface area (Å²) in [6.45, 7) is 1.66. The van der Waals surface area contributed by atoms with Crippen LogP contribution in [-0.2, 0) is 9.84 Å². The maximum absolute atomic E-state index is 12.8. The molecule has 0 aliphatic rings. The highest BCUT2D eigenvalue weighted by atomic mass is 32.2. The maximum Gasteiger partial charge on any atom is 0.258 e. The molecule has 2 aromatic carbocycles.